The smallest absolute Gasteiger partial charge is 0.0653 e. The van der Waals surface area contributed by atoms with E-state index in [1.807, 2.05) is 13.8 Å². The Kier molecular flexibility index (Phi) is 6.32. The molecule has 176 valence electrons. The monoisotopic (exact) mass is 428 g/mol. The molecule has 4 aliphatic carbocycles. The number of hydrogen-bond donors (Lipinski definition) is 2. The first-order valence-electron chi connectivity index (χ1n) is 13.3. The third-order valence-electron chi connectivity index (χ3n) is 10.8. The summed E-state index contributed by atoms with van der Waals surface area (Å²) in [6, 6.07) is 0. The van der Waals surface area contributed by atoms with Gasteiger partial charge < -0.3 is 10.2 Å². The maximum Gasteiger partial charge on any atom is 0.0653 e. The molecule has 0 radical (unpaired) electrons. The van der Waals surface area contributed by atoms with Gasteiger partial charge in [0.05, 0.1) is 11.7 Å². The van der Waals surface area contributed by atoms with Gasteiger partial charge in [0.25, 0.3) is 0 Å². The predicted octanol–water partition coefficient (Wildman–Crippen LogP) is 6.92. The molecule has 0 bridgehead atoms. The van der Waals surface area contributed by atoms with Gasteiger partial charge >= 0.3 is 0 Å². The lowest BCUT2D eigenvalue weighted by atomic mass is 9.47. The first-order chi connectivity index (χ1) is 14.5. The zero-order valence-electron chi connectivity index (χ0n) is 21.0. The molecule has 0 aromatic carbocycles. The van der Waals surface area contributed by atoms with Crippen molar-refractivity contribution >= 4 is 0 Å². The Morgan fingerprint density at radius 1 is 1.10 bits per heavy atom. The number of allylic oxidation sites excluding steroid dienone is 2. The van der Waals surface area contributed by atoms with Crippen LogP contribution in [0, 0.1) is 46.3 Å². The second kappa shape index (κ2) is 8.32. The number of aliphatic hydroxyl groups is 2. The summed E-state index contributed by atoms with van der Waals surface area (Å²) in [5.41, 5.74) is 1.74. The molecule has 0 saturated heterocycles. The minimum absolute atomic E-state index is 0.107. The zero-order chi connectivity index (χ0) is 22.6. The van der Waals surface area contributed by atoms with Crippen molar-refractivity contribution in [1.82, 2.24) is 0 Å². The largest absolute Gasteiger partial charge is 0.393 e. The van der Waals surface area contributed by atoms with Gasteiger partial charge in [-0.3, -0.25) is 0 Å². The maximum absolute atomic E-state index is 10.5. The van der Waals surface area contributed by atoms with E-state index >= 15 is 0 Å². The third-order valence-corrected chi connectivity index (χ3v) is 10.8. The van der Waals surface area contributed by atoms with Gasteiger partial charge in [0, 0.05) is 5.92 Å². The van der Waals surface area contributed by atoms with Crippen LogP contribution in [0.15, 0.2) is 23.8 Å². The summed E-state index contributed by atoms with van der Waals surface area (Å²) in [7, 11) is 0. The number of hydrogen-bond acceptors (Lipinski definition) is 2. The van der Waals surface area contributed by atoms with E-state index in [2.05, 4.69) is 45.9 Å². The molecular weight excluding hydrogens is 380 g/mol. The Morgan fingerprint density at radius 2 is 1.84 bits per heavy atom. The molecule has 31 heavy (non-hydrogen) atoms. The average Bonchev–Trinajstić information content (AvgIpc) is 3.05. The van der Waals surface area contributed by atoms with Crippen LogP contribution in [0.4, 0.5) is 0 Å². The molecule has 3 fully saturated rings. The highest BCUT2D eigenvalue weighted by atomic mass is 16.3. The van der Waals surface area contributed by atoms with Gasteiger partial charge in [-0.05, 0) is 112 Å². The molecule has 0 heterocycles. The molecule has 0 aromatic rings. The Labute approximate surface area is 191 Å². The molecule has 3 saturated carbocycles. The summed E-state index contributed by atoms with van der Waals surface area (Å²) < 4.78 is 0. The predicted molar refractivity (Wildman–Crippen MR) is 130 cm³/mol. The molecule has 0 aliphatic heterocycles. The van der Waals surface area contributed by atoms with Crippen LogP contribution in [-0.2, 0) is 0 Å². The van der Waals surface area contributed by atoms with Crippen molar-refractivity contribution in [3.63, 3.8) is 0 Å². The van der Waals surface area contributed by atoms with E-state index < -0.39 is 5.60 Å². The average molecular weight is 429 g/mol. The van der Waals surface area contributed by atoms with Crippen LogP contribution in [0.2, 0.25) is 0 Å². The van der Waals surface area contributed by atoms with E-state index in [9.17, 15) is 10.2 Å². The van der Waals surface area contributed by atoms with Crippen molar-refractivity contribution in [1.29, 1.82) is 0 Å². The number of aliphatic hydroxyl groups excluding tert-OH is 1. The number of fused-ring (bicyclic) bond motifs is 5. The summed E-state index contributed by atoms with van der Waals surface area (Å²) >= 11 is 0. The van der Waals surface area contributed by atoms with E-state index in [-0.39, 0.29) is 12.0 Å². The van der Waals surface area contributed by atoms with Gasteiger partial charge in [-0.25, -0.2) is 0 Å². The van der Waals surface area contributed by atoms with Gasteiger partial charge in [-0.15, -0.1) is 0 Å². The van der Waals surface area contributed by atoms with Crippen LogP contribution in [-0.4, -0.2) is 21.9 Å². The topological polar surface area (TPSA) is 40.5 Å². The highest BCUT2D eigenvalue weighted by molar-refractivity contribution is 5.25. The number of rotatable bonds is 5. The molecule has 1 unspecified atom stereocenters. The fourth-order valence-electron chi connectivity index (χ4n) is 8.86. The SMILES string of the molecule is CCC(/C=C/[C@@H](C)[C@H]1CC[C@H]2[C@@H]3CC=C4C[C@@H](O)CC[C@]4(C)[C@H]3CC[C@]12C)C(C)(C)O. The Balaban J connectivity index is 1.52. The lowest BCUT2D eigenvalue weighted by molar-refractivity contribution is -0.0541. The molecule has 4 aliphatic rings. The standard InChI is InChI=1S/C29H48O2/c1-7-20(27(3,4)31)9-8-19(2)24-12-13-25-23-11-10-21-18-22(30)14-16-28(21,5)26(23)15-17-29(24,25)6/h8-10,19-20,22-26,30-31H,7,11-18H2,1-6H3/b9-8+/t19-,20?,22+,23+,24-,25+,26+,28+,29-/m1/s1. The minimum atomic E-state index is -0.639. The Bertz CT molecular complexity index is 715. The van der Waals surface area contributed by atoms with E-state index in [1.54, 1.807) is 5.57 Å². The fraction of sp³-hybridized carbons (Fsp3) is 0.862. The van der Waals surface area contributed by atoms with E-state index in [0.29, 0.717) is 16.7 Å². The lowest BCUT2D eigenvalue weighted by Gasteiger charge is -2.58. The molecule has 2 heteroatoms. The van der Waals surface area contributed by atoms with Crippen molar-refractivity contribution in [3.8, 4) is 0 Å². The van der Waals surface area contributed by atoms with Crippen LogP contribution in [0.3, 0.4) is 0 Å². The Morgan fingerprint density at radius 3 is 2.52 bits per heavy atom. The molecule has 2 nitrogen and oxygen atoms in total. The summed E-state index contributed by atoms with van der Waals surface area (Å²) in [6.45, 7) is 13.7. The van der Waals surface area contributed by atoms with Gasteiger partial charge in [-0.2, -0.15) is 0 Å². The third kappa shape index (κ3) is 3.99. The lowest BCUT2D eigenvalue weighted by Crippen LogP contribution is -2.50. The Hall–Kier alpha value is -0.600. The van der Waals surface area contributed by atoms with Gasteiger partial charge in [0.1, 0.15) is 0 Å². The van der Waals surface area contributed by atoms with E-state index in [0.717, 1.165) is 42.9 Å². The van der Waals surface area contributed by atoms with Crippen molar-refractivity contribution in [2.75, 3.05) is 0 Å². The summed E-state index contributed by atoms with van der Waals surface area (Å²) in [6.07, 6.45) is 18.0. The first-order valence-corrected chi connectivity index (χ1v) is 13.3. The van der Waals surface area contributed by atoms with Crippen LogP contribution in [0.1, 0.15) is 99.3 Å². The van der Waals surface area contributed by atoms with Crippen molar-refractivity contribution in [2.24, 2.45) is 46.3 Å². The second-order valence-corrected chi connectivity index (χ2v) is 12.8. The molecule has 4 rings (SSSR count). The summed E-state index contributed by atoms with van der Waals surface area (Å²) in [5, 5.41) is 20.7. The molecule has 2 N–H and O–H groups in total. The van der Waals surface area contributed by atoms with Gasteiger partial charge in [-0.1, -0.05) is 51.5 Å². The molecule has 0 spiro atoms. The highest BCUT2D eigenvalue weighted by Gasteiger charge is 2.58. The van der Waals surface area contributed by atoms with Gasteiger partial charge in [0.15, 0.2) is 0 Å². The van der Waals surface area contributed by atoms with Crippen LogP contribution >= 0.6 is 0 Å². The highest BCUT2D eigenvalue weighted by Crippen LogP contribution is 2.67. The van der Waals surface area contributed by atoms with Gasteiger partial charge in [0.2, 0.25) is 0 Å². The fourth-order valence-corrected chi connectivity index (χ4v) is 8.86. The van der Waals surface area contributed by atoms with Crippen LogP contribution in [0.5, 0.6) is 0 Å². The van der Waals surface area contributed by atoms with Crippen LogP contribution < -0.4 is 0 Å². The van der Waals surface area contributed by atoms with E-state index in [1.165, 1.54) is 38.5 Å². The second-order valence-electron chi connectivity index (χ2n) is 12.8. The molecule has 9 atom stereocenters. The molecule has 0 amide bonds. The molecular formula is C29H48O2. The molecule has 0 aromatic heterocycles. The quantitative estimate of drug-likeness (QED) is 0.467. The van der Waals surface area contributed by atoms with Crippen molar-refractivity contribution < 1.29 is 10.2 Å². The normalized spacial score (nSPS) is 44.9. The zero-order valence-corrected chi connectivity index (χ0v) is 21.0. The maximum atomic E-state index is 10.5. The van der Waals surface area contributed by atoms with Crippen molar-refractivity contribution in [3.05, 3.63) is 23.8 Å². The van der Waals surface area contributed by atoms with Crippen molar-refractivity contribution in [2.45, 2.75) is 111 Å². The minimum Gasteiger partial charge on any atom is -0.393 e. The summed E-state index contributed by atoms with van der Waals surface area (Å²) in [4.78, 5) is 0. The summed E-state index contributed by atoms with van der Waals surface area (Å²) in [5.74, 6) is 4.09. The van der Waals surface area contributed by atoms with Crippen LogP contribution in [0.25, 0.3) is 0 Å². The first kappa shape index (κ1) is 23.6. The van der Waals surface area contributed by atoms with E-state index in [4.69, 9.17) is 0 Å².